The minimum atomic E-state index is 0.564. The van der Waals surface area contributed by atoms with Crippen LogP contribution in [0.2, 0.25) is 0 Å². The van der Waals surface area contributed by atoms with E-state index in [2.05, 4.69) is 80.6 Å². The van der Waals surface area contributed by atoms with Gasteiger partial charge in [0, 0.05) is 20.2 Å². The van der Waals surface area contributed by atoms with E-state index in [0.717, 1.165) is 0 Å². The molecular weight excluding hydrogens is 364 g/mol. The quantitative estimate of drug-likeness (QED) is 0.267. The first-order valence-electron chi connectivity index (χ1n) is 9.38. The van der Waals surface area contributed by atoms with Crippen molar-refractivity contribution in [3.8, 4) is 0 Å². The van der Waals surface area contributed by atoms with Crippen molar-refractivity contribution < 1.29 is 0 Å². The summed E-state index contributed by atoms with van der Waals surface area (Å²) in [5, 5.41) is 8.17. The summed E-state index contributed by atoms with van der Waals surface area (Å²) in [7, 11) is 0. The summed E-state index contributed by atoms with van der Waals surface area (Å²) in [5.41, 5.74) is 1.41. The molecule has 27 heavy (non-hydrogen) atoms. The highest BCUT2D eigenvalue weighted by Crippen LogP contribution is 2.46. The number of rotatable bonds is 1. The molecule has 130 valence electrons. The first-order chi connectivity index (χ1) is 13.2. The second-order valence-corrected chi connectivity index (χ2v) is 9.77. The summed E-state index contributed by atoms with van der Waals surface area (Å²) in [4.78, 5) is 0. The first-order valence-corrected chi connectivity index (χ1v) is 11.0. The molecule has 0 saturated carbocycles. The molecule has 2 heterocycles. The lowest BCUT2D eigenvalue weighted by Crippen LogP contribution is -1.86. The lowest BCUT2D eigenvalue weighted by atomic mass is 9.99. The Morgan fingerprint density at radius 1 is 0.593 bits per heavy atom. The lowest BCUT2D eigenvalue weighted by molar-refractivity contribution is 0.869. The number of hydrogen-bond acceptors (Lipinski definition) is 2. The predicted molar refractivity (Wildman–Crippen MR) is 124 cm³/mol. The molecule has 6 aromatic rings. The molecule has 0 fully saturated rings. The van der Waals surface area contributed by atoms with Crippen LogP contribution in [0.1, 0.15) is 25.3 Å². The van der Waals surface area contributed by atoms with Crippen LogP contribution in [0.4, 0.5) is 0 Å². The molecule has 0 bridgehead atoms. The second-order valence-electron chi connectivity index (χ2n) is 7.67. The van der Waals surface area contributed by atoms with Gasteiger partial charge in [-0.25, -0.2) is 0 Å². The van der Waals surface area contributed by atoms with Crippen LogP contribution >= 0.6 is 22.7 Å². The Morgan fingerprint density at radius 2 is 1.15 bits per heavy atom. The molecule has 0 aliphatic heterocycles. The first kappa shape index (κ1) is 15.6. The Bertz CT molecular complexity index is 1500. The van der Waals surface area contributed by atoms with Gasteiger partial charge in [0.2, 0.25) is 0 Å². The summed E-state index contributed by atoms with van der Waals surface area (Å²) in [5.74, 6) is 0.564. The molecule has 0 aliphatic carbocycles. The van der Waals surface area contributed by atoms with Gasteiger partial charge in [0.15, 0.2) is 0 Å². The Balaban J connectivity index is 1.70. The van der Waals surface area contributed by atoms with Crippen LogP contribution in [0, 0.1) is 0 Å². The second kappa shape index (κ2) is 5.54. The van der Waals surface area contributed by atoms with Gasteiger partial charge in [0.05, 0.1) is 9.40 Å². The van der Waals surface area contributed by atoms with Crippen LogP contribution in [-0.4, -0.2) is 0 Å². The van der Waals surface area contributed by atoms with Crippen molar-refractivity contribution in [2.24, 2.45) is 0 Å². The van der Waals surface area contributed by atoms with E-state index in [4.69, 9.17) is 0 Å². The van der Waals surface area contributed by atoms with Crippen molar-refractivity contribution >= 4 is 73.8 Å². The molecule has 0 radical (unpaired) electrons. The monoisotopic (exact) mass is 382 g/mol. The highest BCUT2D eigenvalue weighted by Gasteiger charge is 2.14. The van der Waals surface area contributed by atoms with Crippen LogP contribution in [0.3, 0.4) is 0 Å². The molecule has 6 rings (SSSR count). The van der Waals surface area contributed by atoms with E-state index in [1.165, 1.54) is 56.7 Å². The van der Waals surface area contributed by atoms with Crippen LogP contribution in [0.25, 0.3) is 51.1 Å². The Kier molecular flexibility index (Phi) is 3.21. The van der Waals surface area contributed by atoms with E-state index in [0.29, 0.717) is 5.92 Å². The highest BCUT2D eigenvalue weighted by molar-refractivity contribution is 7.36. The van der Waals surface area contributed by atoms with E-state index in [-0.39, 0.29) is 0 Å². The van der Waals surface area contributed by atoms with Gasteiger partial charge in [-0.1, -0.05) is 56.3 Å². The molecule has 2 aromatic heterocycles. The fraction of sp³-hybridized carbons (Fsp3) is 0.120. The summed E-state index contributed by atoms with van der Waals surface area (Å²) < 4.78 is 5.68. The van der Waals surface area contributed by atoms with Crippen molar-refractivity contribution in [2.45, 2.75) is 19.8 Å². The largest absolute Gasteiger partial charge is 0.134 e. The summed E-state index contributed by atoms with van der Waals surface area (Å²) in [6.45, 7) is 4.52. The molecule has 4 aromatic carbocycles. The van der Waals surface area contributed by atoms with E-state index in [9.17, 15) is 0 Å². The summed E-state index contributed by atoms with van der Waals surface area (Å²) in [6, 6.07) is 25.1. The van der Waals surface area contributed by atoms with Crippen LogP contribution in [0.15, 0.2) is 66.7 Å². The number of fused-ring (bicyclic) bond motifs is 7. The Hall–Kier alpha value is -2.42. The summed E-state index contributed by atoms with van der Waals surface area (Å²) >= 11 is 3.89. The van der Waals surface area contributed by atoms with E-state index in [1.807, 2.05) is 22.7 Å². The molecule has 0 unspecified atom stereocenters. The van der Waals surface area contributed by atoms with E-state index < -0.39 is 0 Å². The molecule has 0 nitrogen and oxygen atoms in total. The van der Waals surface area contributed by atoms with Crippen molar-refractivity contribution in [1.29, 1.82) is 0 Å². The van der Waals surface area contributed by atoms with Gasteiger partial charge in [-0.2, -0.15) is 0 Å². The van der Waals surface area contributed by atoms with Gasteiger partial charge in [0.25, 0.3) is 0 Å². The highest BCUT2D eigenvalue weighted by atomic mass is 32.1. The molecule has 0 saturated heterocycles. The van der Waals surface area contributed by atoms with Crippen LogP contribution in [-0.2, 0) is 0 Å². The van der Waals surface area contributed by atoms with Gasteiger partial charge < -0.3 is 0 Å². The fourth-order valence-corrected chi connectivity index (χ4v) is 6.76. The van der Waals surface area contributed by atoms with Crippen molar-refractivity contribution in [1.82, 2.24) is 0 Å². The average Bonchev–Trinajstić information content (AvgIpc) is 3.19. The molecule has 2 heteroatoms. The van der Waals surface area contributed by atoms with Crippen molar-refractivity contribution in [2.75, 3.05) is 0 Å². The predicted octanol–water partition coefficient (Wildman–Crippen LogP) is 8.70. The number of benzene rings is 4. The van der Waals surface area contributed by atoms with E-state index in [1.54, 1.807) is 0 Å². The van der Waals surface area contributed by atoms with Crippen molar-refractivity contribution in [3.63, 3.8) is 0 Å². The number of hydrogen-bond donors (Lipinski definition) is 0. The maximum absolute atomic E-state index is 2.39. The molecule has 0 atom stereocenters. The summed E-state index contributed by atoms with van der Waals surface area (Å²) in [6.07, 6.45) is 0. The smallest absolute Gasteiger partial charge is 0.0542 e. The zero-order chi connectivity index (χ0) is 18.1. The standard InChI is InChI=1S/C25H18S2/c1-14(2)15-7-8-18-11-21-23(13-19(18)9-15)27-24-20-10-16-5-3-4-6-17(16)12-22(20)26-25(21)24/h3-14H,1-2H3. The topological polar surface area (TPSA) is 0 Å². The maximum atomic E-state index is 2.39. The fourth-order valence-electron chi connectivity index (χ4n) is 4.06. The molecule has 0 N–H and O–H groups in total. The normalized spacial score (nSPS) is 12.4. The van der Waals surface area contributed by atoms with Gasteiger partial charge in [-0.05, 0) is 57.3 Å². The van der Waals surface area contributed by atoms with Gasteiger partial charge in [0.1, 0.15) is 0 Å². The van der Waals surface area contributed by atoms with Crippen LogP contribution in [0.5, 0.6) is 0 Å². The van der Waals surface area contributed by atoms with Gasteiger partial charge in [-0.15, -0.1) is 22.7 Å². The van der Waals surface area contributed by atoms with E-state index >= 15 is 0 Å². The zero-order valence-corrected chi connectivity index (χ0v) is 16.9. The Morgan fingerprint density at radius 3 is 1.78 bits per heavy atom. The lowest BCUT2D eigenvalue weighted by Gasteiger charge is -2.07. The average molecular weight is 383 g/mol. The third-order valence-corrected chi connectivity index (χ3v) is 8.10. The third-order valence-electron chi connectivity index (χ3n) is 5.60. The zero-order valence-electron chi connectivity index (χ0n) is 15.2. The number of thiophene rings is 2. The Labute approximate surface area is 165 Å². The minimum Gasteiger partial charge on any atom is -0.134 e. The molecule has 0 amide bonds. The third kappa shape index (κ3) is 2.27. The molecular formula is C25H18S2. The maximum Gasteiger partial charge on any atom is 0.0542 e. The van der Waals surface area contributed by atoms with Gasteiger partial charge in [-0.3, -0.25) is 0 Å². The van der Waals surface area contributed by atoms with Gasteiger partial charge >= 0.3 is 0 Å². The van der Waals surface area contributed by atoms with Crippen LogP contribution < -0.4 is 0 Å². The van der Waals surface area contributed by atoms with Crippen molar-refractivity contribution in [3.05, 3.63) is 72.3 Å². The molecule has 0 spiro atoms. The molecule has 0 aliphatic rings. The SMILES string of the molecule is CC(C)c1ccc2cc3c(cc2c1)sc1c2cc4ccccc4cc2sc31. The minimum absolute atomic E-state index is 0.564.